The van der Waals surface area contributed by atoms with Crippen molar-refractivity contribution >= 4 is 23.2 Å². The predicted octanol–water partition coefficient (Wildman–Crippen LogP) is 5.15. The van der Waals surface area contributed by atoms with Gasteiger partial charge in [-0.3, -0.25) is 9.59 Å². The number of rotatable bonds is 7. The number of carbonyl (C=O) groups excluding carboxylic acids is 2. The third-order valence-electron chi connectivity index (χ3n) is 5.41. The summed E-state index contributed by atoms with van der Waals surface area (Å²) < 4.78 is 18.6. The van der Waals surface area contributed by atoms with E-state index >= 15 is 0 Å². The molecule has 0 saturated heterocycles. The molecule has 1 fully saturated rings. The molecule has 4 rings (SSSR count). The fourth-order valence-electron chi connectivity index (χ4n) is 3.50. The SMILES string of the molecule is CCOc1ccc(NC(=O)c2ccc(NC(=O)C3(c4ccc(F)cc4)CC3)cc2)cc1. The van der Waals surface area contributed by atoms with E-state index in [4.69, 9.17) is 4.74 Å². The van der Waals surface area contributed by atoms with Crippen molar-refractivity contribution in [1.29, 1.82) is 0 Å². The van der Waals surface area contributed by atoms with Crippen LogP contribution in [-0.2, 0) is 10.2 Å². The van der Waals surface area contributed by atoms with Gasteiger partial charge < -0.3 is 15.4 Å². The van der Waals surface area contributed by atoms with Crippen molar-refractivity contribution in [2.24, 2.45) is 0 Å². The molecule has 0 aromatic heterocycles. The summed E-state index contributed by atoms with van der Waals surface area (Å²) in [5.41, 5.74) is 1.97. The van der Waals surface area contributed by atoms with Crippen molar-refractivity contribution in [2.45, 2.75) is 25.2 Å². The summed E-state index contributed by atoms with van der Waals surface area (Å²) in [6.45, 7) is 2.49. The van der Waals surface area contributed by atoms with E-state index in [1.54, 1.807) is 60.7 Å². The van der Waals surface area contributed by atoms with E-state index in [1.165, 1.54) is 12.1 Å². The summed E-state index contributed by atoms with van der Waals surface area (Å²) in [6, 6.07) is 20.0. The van der Waals surface area contributed by atoms with Gasteiger partial charge in [-0.1, -0.05) is 12.1 Å². The second-order valence-corrected chi connectivity index (χ2v) is 7.53. The van der Waals surface area contributed by atoms with Crippen LogP contribution in [0.5, 0.6) is 5.75 Å². The van der Waals surface area contributed by atoms with E-state index in [-0.39, 0.29) is 17.6 Å². The zero-order valence-electron chi connectivity index (χ0n) is 17.2. The molecule has 0 bridgehead atoms. The minimum absolute atomic E-state index is 0.120. The van der Waals surface area contributed by atoms with Gasteiger partial charge in [0.05, 0.1) is 12.0 Å². The van der Waals surface area contributed by atoms with Gasteiger partial charge in [0.1, 0.15) is 11.6 Å². The Balaban J connectivity index is 1.38. The molecule has 5 nitrogen and oxygen atoms in total. The standard InChI is InChI=1S/C25H23FN2O3/c1-2-31-22-13-11-20(12-14-22)27-23(29)17-3-9-21(10-4-17)28-24(30)25(15-16-25)18-5-7-19(26)8-6-18/h3-14H,2,15-16H2,1H3,(H,27,29)(H,28,30). The first kappa shape index (κ1) is 20.6. The largest absolute Gasteiger partial charge is 0.494 e. The number of halogens is 1. The molecule has 3 aromatic carbocycles. The second kappa shape index (κ2) is 8.60. The molecule has 0 atom stereocenters. The summed E-state index contributed by atoms with van der Waals surface area (Å²) in [4.78, 5) is 25.3. The summed E-state index contributed by atoms with van der Waals surface area (Å²) >= 11 is 0. The molecule has 1 aliphatic rings. The zero-order chi connectivity index (χ0) is 21.8. The van der Waals surface area contributed by atoms with Crippen LogP contribution in [0, 0.1) is 5.82 Å². The molecular weight excluding hydrogens is 395 g/mol. The lowest BCUT2D eigenvalue weighted by molar-refractivity contribution is -0.118. The van der Waals surface area contributed by atoms with Gasteiger partial charge in [-0.2, -0.15) is 0 Å². The van der Waals surface area contributed by atoms with Gasteiger partial charge in [-0.05, 0) is 86.0 Å². The maximum Gasteiger partial charge on any atom is 0.255 e. The number of hydrogen-bond donors (Lipinski definition) is 2. The first-order valence-electron chi connectivity index (χ1n) is 10.2. The van der Waals surface area contributed by atoms with Gasteiger partial charge in [0.2, 0.25) is 5.91 Å². The third-order valence-corrected chi connectivity index (χ3v) is 5.41. The molecule has 0 unspecified atom stereocenters. The van der Waals surface area contributed by atoms with Crippen molar-refractivity contribution in [2.75, 3.05) is 17.2 Å². The first-order chi connectivity index (χ1) is 15.0. The molecule has 0 heterocycles. The van der Waals surface area contributed by atoms with Crippen LogP contribution in [-0.4, -0.2) is 18.4 Å². The maximum atomic E-state index is 13.2. The molecular formula is C25H23FN2O3. The number of hydrogen-bond acceptors (Lipinski definition) is 3. The number of anilines is 2. The van der Waals surface area contributed by atoms with E-state index < -0.39 is 5.41 Å². The molecule has 6 heteroatoms. The molecule has 31 heavy (non-hydrogen) atoms. The average Bonchev–Trinajstić information content (AvgIpc) is 3.58. The van der Waals surface area contributed by atoms with Crippen molar-refractivity contribution < 1.29 is 18.7 Å². The van der Waals surface area contributed by atoms with Crippen LogP contribution in [0.2, 0.25) is 0 Å². The maximum absolute atomic E-state index is 13.2. The van der Waals surface area contributed by atoms with Crippen LogP contribution in [0.15, 0.2) is 72.8 Å². The molecule has 0 spiro atoms. The van der Waals surface area contributed by atoms with Gasteiger partial charge in [-0.15, -0.1) is 0 Å². The number of carbonyl (C=O) groups is 2. The summed E-state index contributed by atoms with van der Waals surface area (Å²) in [6.07, 6.45) is 1.46. The van der Waals surface area contributed by atoms with Gasteiger partial charge >= 0.3 is 0 Å². The van der Waals surface area contributed by atoms with Gasteiger partial charge in [0, 0.05) is 16.9 Å². The minimum atomic E-state index is -0.600. The lowest BCUT2D eigenvalue weighted by Gasteiger charge is -2.16. The monoisotopic (exact) mass is 418 g/mol. The molecule has 1 saturated carbocycles. The highest BCUT2D eigenvalue weighted by atomic mass is 19.1. The van der Waals surface area contributed by atoms with Gasteiger partial charge in [-0.25, -0.2) is 4.39 Å². The Hall–Kier alpha value is -3.67. The van der Waals surface area contributed by atoms with Crippen molar-refractivity contribution in [1.82, 2.24) is 0 Å². The predicted molar refractivity (Wildman–Crippen MR) is 118 cm³/mol. The lowest BCUT2D eigenvalue weighted by atomic mass is 9.95. The van der Waals surface area contributed by atoms with E-state index in [9.17, 15) is 14.0 Å². The second-order valence-electron chi connectivity index (χ2n) is 7.53. The summed E-state index contributed by atoms with van der Waals surface area (Å²) in [5.74, 6) is 0.0615. The van der Waals surface area contributed by atoms with Crippen LogP contribution < -0.4 is 15.4 Å². The van der Waals surface area contributed by atoms with E-state index in [0.29, 0.717) is 23.5 Å². The normalized spacial score (nSPS) is 13.9. The number of amides is 2. The molecule has 2 N–H and O–H groups in total. The molecule has 0 aliphatic heterocycles. The quantitative estimate of drug-likeness (QED) is 0.558. The van der Waals surface area contributed by atoms with Crippen LogP contribution in [0.4, 0.5) is 15.8 Å². The molecule has 0 radical (unpaired) electrons. The molecule has 2 amide bonds. The molecule has 158 valence electrons. The Morgan fingerprint density at radius 3 is 2.03 bits per heavy atom. The third kappa shape index (κ3) is 4.58. The number of benzene rings is 3. The van der Waals surface area contributed by atoms with E-state index in [2.05, 4.69) is 10.6 Å². The van der Waals surface area contributed by atoms with Crippen LogP contribution in [0.25, 0.3) is 0 Å². The number of ether oxygens (including phenoxy) is 1. The molecule has 3 aromatic rings. The highest BCUT2D eigenvalue weighted by Gasteiger charge is 2.51. The minimum Gasteiger partial charge on any atom is -0.494 e. The van der Waals surface area contributed by atoms with E-state index in [1.807, 2.05) is 6.92 Å². The van der Waals surface area contributed by atoms with Gasteiger partial charge in [0.15, 0.2) is 0 Å². The fourth-order valence-corrected chi connectivity index (χ4v) is 3.50. The average molecular weight is 418 g/mol. The van der Waals surface area contributed by atoms with E-state index in [0.717, 1.165) is 24.2 Å². The topological polar surface area (TPSA) is 67.4 Å². The Morgan fingerprint density at radius 2 is 1.45 bits per heavy atom. The molecule has 1 aliphatic carbocycles. The van der Waals surface area contributed by atoms with Crippen LogP contribution >= 0.6 is 0 Å². The highest BCUT2D eigenvalue weighted by molar-refractivity contribution is 6.05. The Labute approximate surface area is 180 Å². The Bertz CT molecular complexity index is 1070. The van der Waals surface area contributed by atoms with Crippen LogP contribution in [0.1, 0.15) is 35.7 Å². The van der Waals surface area contributed by atoms with Crippen molar-refractivity contribution in [3.05, 3.63) is 89.7 Å². The lowest BCUT2D eigenvalue weighted by Crippen LogP contribution is -2.27. The summed E-state index contributed by atoms with van der Waals surface area (Å²) in [5, 5.41) is 5.75. The van der Waals surface area contributed by atoms with Crippen molar-refractivity contribution in [3.8, 4) is 5.75 Å². The Morgan fingerprint density at radius 1 is 0.871 bits per heavy atom. The fraction of sp³-hybridized carbons (Fsp3) is 0.200. The number of nitrogens with one attached hydrogen (secondary N) is 2. The zero-order valence-corrected chi connectivity index (χ0v) is 17.2. The first-order valence-corrected chi connectivity index (χ1v) is 10.2. The van der Waals surface area contributed by atoms with Crippen molar-refractivity contribution in [3.63, 3.8) is 0 Å². The smallest absolute Gasteiger partial charge is 0.255 e. The highest BCUT2D eigenvalue weighted by Crippen LogP contribution is 2.49. The summed E-state index contributed by atoms with van der Waals surface area (Å²) in [7, 11) is 0. The van der Waals surface area contributed by atoms with Gasteiger partial charge in [0.25, 0.3) is 5.91 Å². The Kier molecular flexibility index (Phi) is 5.71. The van der Waals surface area contributed by atoms with Crippen LogP contribution in [0.3, 0.4) is 0 Å².